The highest BCUT2D eigenvalue weighted by Gasteiger charge is 2.28. The summed E-state index contributed by atoms with van der Waals surface area (Å²) in [5.74, 6) is -0.0817. The maximum absolute atomic E-state index is 14.4. The van der Waals surface area contributed by atoms with Crippen molar-refractivity contribution in [1.82, 2.24) is 25.6 Å². The Balaban J connectivity index is 1.46. The zero-order valence-electron chi connectivity index (χ0n) is 20.2. The maximum atomic E-state index is 14.4. The Bertz CT molecular complexity index is 1360. The standard InChI is InChI=1S/C26H27FN8O/c1-26(2,14-28)22-20(27)7-8-21(33-22)34-23-19(24(36)31-17-5-6-17)13-30-25(35-23)32-18-4-3-16-12-29-10-9-15(16)11-18/h3-4,7-8,11,13,17,29H,5-6,9-10,12H2,1-2H3,(H,31,36)(H2,30,32,33,34,35). The van der Waals surface area contributed by atoms with Crippen molar-refractivity contribution in [2.75, 3.05) is 17.2 Å². The Hall–Kier alpha value is -4.10. The number of halogens is 1. The van der Waals surface area contributed by atoms with Gasteiger partial charge < -0.3 is 21.3 Å². The Kier molecular flexibility index (Phi) is 6.24. The van der Waals surface area contributed by atoms with Crippen LogP contribution in [0.4, 0.5) is 27.7 Å². The number of rotatable bonds is 7. The zero-order valence-corrected chi connectivity index (χ0v) is 20.2. The fraction of sp³-hybridized carbons (Fsp3) is 0.346. The Morgan fingerprint density at radius 2 is 2.00 bits per heavy atom. The Morgan fingerprint density at radius 1 is 1.17 bits per heavy atom. The van der Waals surface area contributed by atoms with Gasteiger partial charge in [0.2, 0.25) is 5.95 Å². The first kappa shape index (κ1) is 23.6. The molecule has 0 saturated heterocycles. The van der Waals surface area contributed by atoms with Crippen LogP contribution in [0.1, 0.15) is 53.9 Å². The monoisotopic (exact) mass is 486 g/mol. The molecule has 1 fully saturated rings. The smallest absolute Gasteiger partial charge is 0.256 e. The van der Waals surface area contributed by atoms with Gasteiger partial charge in [-0.25, -0.2) is 14.4 Å². The minimum Gasteiger partial charge on any atom is -0.349 e. The van der Waals surface area contributed by atoms with Gasteiger partial charge in [0.25, 0.3) is 5.91 Å². The number of aromatic nitrogens is 3. The number of pyridine rings is 1. The molecule has 3 heterocycles. The van der Waals surface area contributed by atoms with Crippen LogP contribution in [0.15, 0.2) is 36.5 Å². The molecule has 9 nitrogen and oxygen atoms in total. The lowest BCUT2D eigenvalue weighted by Gasteiger charge is -2.19. The van der Waals surface area contributed by atoms with Crippen LogP contribution in [0.25, 0.3) is 0 Å². The highest BCUT2D eigenvalue weighted by atomic mass is 19.1. The molecule has 0 unspecified atom stereocenters. The van der Waals surface area contributed by atoms with E-state index in [0.717, 1.165) is 38.0 Å². The molecule has 0 atom stereocenters. The SMILES string of the molecule is CC(C)(C#N)c1nc(Nc2nc(Nc3ccc4c(c3)CCNC4)ncc2C(=O)NC2CC2)ccc1F. The number of nitrogens with zero attached hydrogens (tertiary/aromatic N) is 4. The first-order valence-electron chi connectivity index (χ1n) is 11.9. The van der Waals surface area contributed by atoms with Gasteiger partial charge in [0.15, 0.2) is 0 Å². The minimum atomic E-state index is -1.13. The summed E-state index contributed by atoms with van der Waals surface area (Å²) in [5, 5.41) is 22.0. The molecule has 1 aromatic carbocycles. The van der Waals surface area contributed by atoms with Gasteiger partial charge in [-0.3, -0.25) is 4.79 Å². The molecule has 36 heavy (non-hydrogen) atoms. The summed E-state index contributed by atoms with van der Waals surface area (Å²) >= 11 is 0. The number of carbonyl (C=O) groups excluding carboxylic acids is 1. The Labute approximate surface area is 208 Å². The molecule has 1 aliphatic carbocycles. The molecular formula is C26H27FN8O. The molecule has 1 amide bonds. The van der Waals surface area contributed by atoms with Crippen LogP contribution in [0.2, 0.25) is 0 Å². The molecule has 2 aliphatic rings. The van der Waals surface area contributed by atoms with E-state index in [-0.39, 0.29) is 34.8 Å². The van der Waals surface area contributed by atoms with Crippen LogP contribution in [0.5, 0.6) is 0 Å². The first-order chi connectivity index (χ1) is 17.3. The van der Waals surface area contributed by atoms with Gasteiger partial charge in [-0.2, -0.15) is 10.2 Å². The third kappa shape index (κ3) is 5.11. The van der Waals surface area contributed by atoms with Gasteiger partial charge in [-0.1, -0.05) is 6.07 Å². The topological polar surface area (TPSA) is 128 Å². The molecule has 2 aromatic heterocycles. The largest absolute Gasteiger partial charge is 0.349 e. The van der Waals surface area contributed by atoms with Crippen molar-refractivity contribution >= 4 is 29.2 Å². The van der Waals surface area contributed by atoms with E-state index in [4.69, 9.17) is 0 Å². The van der Waals surface area contributed by atoms with Crippen LogP contribution in [0.3, 0.4) is 0 Å². The van der Waals surface area contributed by atoms with E-state index in [1.54, 1.807) is 13.8 Å². The molecule has 10 heteroatoms. The predicted molar refractivity (Wildman–Crippen MR) is 134 cm³/mol. The molecule has 184 valence electrons. The van der Waals surface area contributed by atoms with E-state index in [1.807, 2.05) is 6.07 Å². The summed E-state index contributed by atoms with van der Waals surface area (Å²) in [4.78, 5) is 26.1. The second-order valence-electron chi connectivity index (χ2n) is 9.63. The van der Waals surface area contributed by atoms with Gasteiger partial charge in [0, 0.05) is 24.5 Å². The van der Waals surface area contributed by atoms with E-state index in [1.165, 1.54) is 29.5 Å². The Morgan fingerprint density at radius 3 is 2.78 bits per heavy atom. The summed E-state index contributed by atoms with van der Waals surface area (Å²) in [6.07, 6.45) is 4.28. The number of benzene rings is 1. The minimum absolute atomic E-state index is 0.00920. The molecule has 0 spiro atoms. The van der Waals surface area contributed by atoms with Crippen molar-refractivity contribution in [3.05, 3.63) is 64.7 Å². The zero-order chi connectivity index (χ0) is 25.3. The number of fused-ring (bicyclic) bond motifs is 1. The molecule has 1 aliphatic heterocycles. The predicted octanol–water partition coefficient (Wildman–Crippen LogP) is 3.84. The number of nitrogens with one attached hydrogen (secondary N) is 4. The van der Waals surface area contributed by atoms with Gasteiger partial charge in [-0.15, -0.1) is 0 Å². The average molecular weight is 487 g/mol. The van der Waals surface area contributed by atoms with Crippen LogP contribution in [-0.2, 0) is 18.4 Å². The highest BCUT2D eigenvalue weighted by molar-refractivity contribution is 5.99. The molecule has 5 rings (SSSR count). The quantitative estimate of drug-likeness (QED) is 0.397. The lowest BCUT2D eigenvalue weighted by molar-refractivity contribution is 0.0951. The summed E-state index contributed by atoms with van der Waals surface area (Å²) in [6, 6.07) is 11.0. The summed E-state index contributed by atoms with van der Waals surface area (Å²) in [7, 11) is 0. The van der Waals surface area contributed by atoms with E-state index in [9.17, 15) is 14.4 Å². The lowest BCUT2D eigenvalue weighted by Crippen LogP contribution is -2.27. The van der Waals surface area contributed by atoms with Crippen LogP contribution < -0.4 is 21.3 Å². The van der Waals surface area contributed by atoms with Crippen molar-refractivity contribution < 1.29 is 9.18 Å². The van der Waals surface area contributed by atoms with Gasteiger partial charge in [0.05, 0.1) is 17.2 Å². The maximum Gasteiger partial charge on any atom is 0.256 e. The summed E-state index contributed by atoms with van der Waals surface area (Å²) in [6.45, 7) is 4.97. The summed E-state index contributed by atoms with van der Waals surface area (Å²) in [5.41, 5.74) is 2.50. The van der Waals surface area contributed by atoms with Crippen LogP contribution in [0, 0.1) is 17.1 Å². The summed E-state index contributed by atoms with van der Waals surface area (Å²) < 4.78 is 14.4. The molecule has 4 N–H and O–H groups in total. The third-order valence-corrected chi connectivity index (χ3v) is 6.26. The first-order valence-corrected chi connectivity index (χ1v) is 11.9. The molecule has 3 aromatic rings. The number of amides is 1. The van der Waals surface area contributed by atoms with E-state index in [2.05, 4.69) is 54.4 Å². The average Bonchev–Trinajstić information content (AvgIpc) is 3.69. The van der Waals surface area contributed by atoms with E-state index >= 15 is 0 Å². The van der Waals surface area contributed by atoms with Gasteiger partial charge >= 0.3 is 0 Å². The van der Waals surface area contributed by atoms with Crippen molar-refractivity contribution in [2.24, 2.45) is 0 Å². The number of anilines is 4. The normalized spacial score (nSPS) is 14.9. The molecular weight excluding hydrogens is 459 g/mol. The van der Waals surface area contributed by atoms with Crippen molar-refractivity contribution in [3.63, 3.8) is 0 Å². The van der Waals surface area contributed by atoms with E-state index in [0.29, 0.717) is 5.95 Å². The molecule has 1 saturated carbocycles. The van der Waals surface area contributed by atoms with Crippen LogP contribution >= 0.6 is 0 Å². The third-order valence-electron chi connectivity index (χ3n) is 6.26. The van der Waals surface area contributed by atoms with Gasteiger partial charge in [-0.05, 0) is 75.0 Å². The van der Waals surface area contributed by atoms with Crippen molar-refractivity contribution in [3.8, 4) is 6.07 Å². The number of hydrogen-bond donors (Lipinski definition) is 4. The fourth-order valence-electron chi connectivity index (χ4n) is 4.00. The van der Waals surface area contributed by atoms with Crippen molar-refractivity contribution in [1.29, 1.82) is 5.26 Å². The van der Waals surface area contributed by atoms with Crippen LogP contribution in [-0.4, -0.2) is 33.4 Å². The molecule has 0 bridgehead atoms. The number of carbonyl (C=O) groups is 1. The van der Waals surface area contributed by atoms with Gasteiger partial charge in [0.1, 0.15) is 23.0 Å². The molecule has 0 radical (unpaired) electrons. The van der Waals surface area contributed by atoms with E-state index < -0.39 is 11.2 Å². The number of nitriles is 1. The highest BCUT2D eigenvalue weighted by Crippen LogP contribution is 2.28. The second kappa shape index (κ2) is 9.51. The lowest BCUT2D eigenvalue weighted by atomic mass is 9.90. The number of hydrogen-bond acceptors (Lipinski definition) is 8. The van der Waals surface area contributed by atoms with Crippen molar-refractivity contribution in [2.45, 2.75) is 51.1 Å². The fourth-order valence-corrected chi connectivity index (χ4v) is 4.00. The second-order valence-corrected chi connectivity index (χ2v) is 9.63.